The van der Waals surface area contributed by atoms with E-state index in [1.165, 1.54) is 15.9 Å². The van der Waals surface area contributed by atoms with Gasteiger partial charge in [0.1, 0.15) is 10.3 Å². The second-order valence-corrected chi connectivity index (χ2v) is 6.00. The molecular weight excluding hydrogens is 294 g/mol. The highest BCUT2D eigenvalue weighted by atomic mass is 32.1. The molecule has 0 aliphatic carbocycles. The molecule has 0 N–H and O–H groups in total. The van der Waals surface area contributed by atoms with Gasteiger partial charge < -0.3 is 4.42 Å². The van der Waals surface area contributed by atoms with E-state index in [1.807, 2.05) is 17.5 Å². The molecule has 0 fully saturated rings. The van der Waals surface area contributed by atoms with E-state index >= 15 is 0 Å². The first kappa shape index (κ1) is 11.6. The molecule has 0 aliphatic heterocycles. The maximum atomic E-state index is 12.2. The van der Waals surface area contributed by atoms with Crippen molar-refractivity contribution in [3.05, 3.63) is 56.6 Å². The summed E-state index contributed by atoms with van der Waals surface area (Å²) in [7, 11) is 0. The van der Waals surface area contributed by atoms with Crippen molar-refractivity contribution in [2.24, 2.45) is 0 Å². The molecule has 4 aromatic rings. The second-order valence-electron chi connectivity index (χ2n) is 4.04. The summed E-state index contributed by atoms with van der Waals surface area (Å²) >= 11 is 2.86. The maximum absolute atomic E-state index is 12.2. The van der Waals surface area contributed by atoms with Crippen LogP contribution in [0.15, 0.2) is 45.1 Å². The molecule has 0 radical (unpaired) electrons. The molecule has 0 atom stereocenters. The van der Waals surface area contributed by atoms with Gasteiger partial charge in [0.05, 0.1) is 11.1 Å². The number of hydrogen-bond acceptors (Lipinski definition) is 6. The van der Waals surface area contributed by atoms with E-state index in [4.69, 9.17) is 4.42 Å². The third kappa shape index (κ3) is 1.79. The van der Waals surface area contributed by atoms with Crippen LogP contribution in [0.2, 0.25) is 0 Å². The predicted octanol–water partition coefficient (Wildman–Crippen LogP) is 2.02. The van der Waals surface area contributed by atoms with Gasteiger partial charge in [0.15, 0.2) is 5.82 Å². The number of hydrogen-bond donors (Lipinski definition) is 0. The minimum Gasteiger partial charge on any atom is -0.465 e. The topological polar surface area (TPSA) is 60.4 Å². The summed E-state index contributed by atoms with van der Waals surface area (Å²) in [5.41, 5.74) is -0.170. The molecule has 20 heavy (non-hydrogen) atoms. The zero-order valence-electron chi connectivity index (χ0n) is 10.0. The van der Waals surface area contributed by atoms with Crippen LogP contribution in [-0.4, -0.2) is 14.6 Å². The minimum absolute atomic E-state index is 0.170. The summed E-state index contributed by atoms with van der Waals surface area (Å²) in [4.78, 5) is 18.2. The average molecular weight is 301 g/mol. The van der Waals surface area contributed by atoms with Gasteiger partial charge in [0.2, 0.25) is 4.96 Å². The summed E-state index contributed by atoms with van der Waals surface area (Å²) in [5, 5.41) is 6.22. The van der Waals surface area contributed by atoms with Gasteiger partial charge in [-0.2, -0.15) is 9.50 Å². The van der Waals surface area contributed by atoms with Crippen molar-refractivity contribution in [3.8, 4) is 10.7 Å². The summed E-state index contributed by atoms with van der Waals surface area (Å²) in [5.74, 6) is 1.23. The first-order valence-corrected chi connectivity index (χ1v) is 7.49. The largest absolute Gasteiger partial charge is 0.465 e. The van der Waals surface area contributed by atoms with Crippen molar-refractivity contribution in [3.63, 3.8) is 0 Å². The average Bonchev–Trinajstić information content (AvgIpc) is 3.19. The molecule has 0 amide bonds. The lowest BCUT2D eigenvalue weighted by molar-refractivity contribution is 0.556. The molecular formula is C13H7N3O2S2. The third-order valence-corrected chi connectivity index (χ3v) is 4.56. The van der Waals surface area contributed by atoms with E-state index in [0.29, 0.717) is 21.1 Å². The maximum Gasteiger partial charge on any atom is 0.291 e. The molecule has 0 saturated carbocycles. The van der Waals surface area contributed by atoms with Crippen LogP contribution >= 0.6 is 22.7 Å². The van der Waals surface area contributed by atoms with Crippen molar-refractivity contribution < 1.29 is 4.42 Å². The van der Waals surface area contributed by atoms with Crippen LogP contribution in [0.3, 0.4) is 0 Å². The van der Waals surface area contributed by atoms with E-state index in [2.05, 4.69) is 10.1 Å². The van der Waals surface area contributed by atoms with Crippen LogP contribution in [-0.2, 0) is 0 Å². The Kier molecular flexibility index (Phi) is 2.54. The minimum atomic E-state index is -0.170. The van der Waals surface area contributed by atoms with Gasteiger partial charge >= 0.3 is 0 Å². The molecule has 0 aliphatic rings. The number of furan rings is 1. The number of thiazole rings is 1. The molecule has 98 valence electrons. The molecule has 4 heterocycles. The summed E-state index contributed by atoms with van der Waals surface area (Å²) in [6, 6.07) is 7.45. The fourth-order valence-electron chi connectivity index (χ4n) is 1.85. The van der Waals surface area contributed by atoms with E-state index in [1.54, 1.807) is 35.8 Å². The van der Waals surface area contributed by atoms with Gasteiger partial charge in [-0.25, -0.2) is 0 Å². The van der Waals surface area contributed by atoms with E-state index in [0.717, 1.165) is 4.88 Å². The summed E-state index contributed by atoms with van der Waals surface area (Å²) in [6.45, 7) is 0. The van der Waals surface area contributed by atoms with Gasteiger partial charge in [-0.1, -0.05) is 17.4 Å². The Bertz CT molecular complexity index is 965. The molecule has 0 bridgehead atoms. The van der Waals surface area contributed by atoms with E-state index in [9.17, 15) is 4.79 Å². The molecule has 4 aromatic heterocycles. The number of aromatic nitrogens is 3. The molecule has 0 aromatic carbocycles. The highest BCUT2D eigenvalue weighted by molar-refractivity contribution is 7.15. The van der Waals surface area contributed by atoms with Gasteiger partial charge in [0.25, 0.3) is 5.56 Å². The number of fused-ring (bicyclic) bond motifs is 1. The highest BCUT2D eigenvalue weighted by Gasteiger charge is 2.12. The van der Waals surface area contributed by atoms with Gasteiger partial charge in [-0.05, 0) is 23.6 Å². The van der Waals surface area contributed by atoms with Gasteiger partial charge in [-0.3, -0.25) is 4.79 Å². The normalized spacial score (nSPS) is 12.5. The van der Waals surface area contributed by atoms with Crippen LogP contribution in [0.1, 0.15) is 5.76 Å². The fraction of sp³-hybridized carbons (Fsp3) is 0. The van der Waals surface area contributed by atoms with Crippen molar-refractivity contribution in [1.29, 1.82) is 0 Å². The van der Waals surface area contributed by atoms with Crippen molar-refractivity contribution in [2.75, 3.05) is 0 Å². The van der Waals surface area contributed by atoms with E-state index in [-0.39, 0.29) is 5.56 Å². The molecule has 0 saturated heterocycles. The summed E-state index contributed by atoms with van der Waals surface area (Å²) < 4.78 is 7.12. The smallest absolute Gasteiger partial charge is 0.291 e. The zero-order valence-corrected chi connectivity index (χ0v) is 11.6. The summed E-state index contributed by atoms with van der Waals surface area (Å²) in [6.07, 6.45) is 3.27. The van der Waals surface area contributed by atoms with Crippen LogP contribution in [0.5, 0.6) is 0 Å². The lowest BCUT2D eigenvalue weighted by Gasteiger charge is -1.84. The van der Waals surface area contributed by atoms with Gasteiger partial charge in [-0.15, -0.1) is 16.4 Å². The monoisotopic (exact) mass is 301 g/mol. The molecule has 0 spiro atoms. The Morgan fingerprint density at radius 1 is 1.30 bits per heavy atom. The third-order valence-electron chi connectivity index (χ3n) is 2.74. The molecule has 5 nitrogen and oxygen atoms in total. The van der Waals surface area contributed by atoms with Crippen molar-refractivity contribution >= 4 is 33.7 Å². The number of rotatable bonds is 2. The number of nitrogens with zero attached hydrogens (tertiary/aromatic N) is 3. The van der Waals surface area contributed by atoms with Gasteiger partial charge in [0, 0.05) is 6.08 Å². The fourth-order valence-corrected chi connectivity index (χ4v) is 3.39. The zero-order chi connectivity index (χ0) is 13.5. The Balaban J connectivity index is 1.90. The lowest BCUT2D eigenvalue weighted by atomic mass is 10.4. The van der Waals surface area contributed by atoms with Crippen molar-refractivity contribution in [1.82, 2.24) is 14.6 Å². The Morgan fingerprint density at radius 3 is 2.95 bits per heavy atom. The lowest BCUT2D eigenvalue weighted by Crippen LogP contribution is -2.23. The standard InChI is InChI=1S/C13H7N3O2S2/c17-12-10(7-8-3-1-5-18-8)20-13-14-11(15-16(12)13)9-4-2-6-19-9/h1-7H/b10-7-. The second kappa shape index (κ2) is 4.39. The molecule has 7 heteroatoms. The SMILES string of the molecule is O=c1/c(=C/c2ccco2)sc2nc(-c3cccs3)nn12. The molecule has 0 unspecified atom stereocenters. The van der Waals surface area contributed by atoms with Crippen LogP contribution in [0.4, 0.5) is 0 Å². The quantitative estimate of drug-likeness (QED) is 0.568. The first-order chi connectivity index (χ1) is 9.81. The molecule has 4 rings (SSSR count). The predicted molar refractivity (Wildman–Crippen MR) is 77.9 cm³/mol. The first-order valence-electron chi connectivity index (χ1n) is 5.80. The van der Waals surface area contributed by atoms with E-state index < -0.39 is 0 Å². The van der Waals surface area contributed by atoms with Crippen LogP contribution < -0.4 is 10.1 Å². The Labute approximate surface area is 120 Å². The van der Waals surface area contributed by atoms with Crippen molar-refractivity contribution in [2.45, 2.75) is 0 Å². The van der Waals surface area contributed by atoms with Crippen LogP contribution in [0.25, 0.3) is 21.7 Å². The Hall–Kier alpha value is -2.25. The van der Waals surface area contributed by atoms with Crippen LogP contribution in [0, 0.1) is 0 Å². The number of thiophene rings is 1. The highest BCUT2D eigenvalue weighted by Crippen LogP contribution is 2.21. The Morgan fingerprint density at radius 2 is 2.25 bits per heavy atom.